The first-order valence-electron chi connectivity index (χ1n) is 9.71. The third-order valence-electron chi connectivity index (χ3n) is 4.85. The van der Waals surface area contributed by atoms with Crippen molar-refractivity contribution in [2.75, 3.05) is 6.54 Å². The zero-order valence-corrected chi connectivity index (χ0v) is 17.4. The first-order chi connectivity index (χ1) is 14.4. The van der Waals surface area contributed by atoms with Crippen molar-refractivity contribution in [3.63, 3.8) is 0 Å². The van der Waals surface area contributed by atoms with Crippen LogP contribution in [0, 0.1) is 5.82 Å². The molecule has 2 aromatic carbocycles. The van der Waals surface area contributed by atoms with Crippen molar-refractivity contribution in [2.45, 2.75) is 38.8 Å². The summed E-state index contributed by atoms with van der Waals surface area (Å²) in [5, 5.41) is 4.10. The third-order valence-corrected chi connectivity index (χ3v) is 5.14. The SMILES string of the molecule is CC(C)Oc1ccc(-c2noc(C3CC(=O)N(Cc4ccc(F)c(Cl)c4)C3)n2)cc1. The number of likely N-dealkylation sites (tertiary alicyclic amines) is 1. The van der Waals surface area contributed by atoms with Crippen LogP contribution >= 0.6 is 11.6 Å². The minimum atomic E-state index is -0.478. The molecule has 0 N–H and O–H groups in total. The Labute approximate surface area is 178 Å². The largest absolute Gasteiger partial charge is 0.491 e. The normalized spacial score (nSPS) is 16.5. The minimum Gasteiger partial charge on any atom is -0.491 e. The Morgan fingerprint density at radius 1 is 1.27 bits per heavy atom. The molecule has 1 amide bonds. The molecule has 4 rings (SSSR count). The Balaban J connectivity index is 1.43. The maximum absolute atomic E-state index is 13.3. The summed E-state index contributed by atoms with van der Waals surface area (Å²) in [7, 11) is 0. The van der Waals surface area contributed by atoms with Crippen molar-refractivity contribution < 1.29 is 18.4 Å². The monoisotopic (exact) mass is 429 g/mol. The Kier molecular flexibility index (Phi) is 5.72. The number of carbonyl (C=O) groups excluding carboxylic acids is 1. The number of amides is 1. The Hall–Kier alpha value is -2.93. The number of hydrogen-bond acceptors (Lipinski definition) is 5. The highest BCUT2D eigenvalue weighted by Crippen LogP contribution is 2.30. The summed E-state index contributed by atoms with van der Waals surface area (Å²) in [4.78, 5) is 18.6. The molecule has 0 saturated carbocycles. The van der Waals surface area contributed by atoms with Crippen LogP contribution in [-0.2, 0) is 11.3 Å². The number of aromatic nitrogens is 2. The molecular formula is C22H21ClFN3O3. The average Bonchev–Trinajstić information content (AvgIpc) is 3.32. The molecule has 0 aliphatic carbocycles. The molecule has 30 heavy (non-hydrogen) atoms. The van der Waals surface area contributed by atoms with E-state index in [1.165, 1.54) is 12.1 Å². The Bertz CT molecular complexity index is 1050. The van der Waals surface area contributed by atoms with Crippen molar-refractivity contribution in [3.05, 3.63) is 64.8 Å². The molecule has 8 heteroatoms. The predicted octanol–water partition coefficient (Wildman–Crippen LogP) is 4.83. The van der Waals surface area contributed by atoms with Gasteiger partial charge in [-0.15, -0.1) is 0 Å². The van der Waals surface area contributed by atoms with E-state index < -0.39 is 5.82 Å². The van der Waals surface area contributed by atoms with Crippen molar-refractivity contribution in [1.82, 2.24) is 15.0 Å². The lowest BCUT2D eigenvalue weighted by molar-refractivity contribution is -0.128. The second-order valence-corrected chi connectivity index (χ2v) is 7.98. The van der Waals surface area contributed by atoms with Gasteiger partial charge < -0.3 is 14.2 Å². The molecule has 0 bridgehead atoms. The molecule has 3 aromatic rings. The van der Waals surface area contributed by atoms with Crippen LogP contribution < -0.4 is 4.74 Å². The van der Waals surface area contributed by atoms with Crippen LogP contribution in [0.5, 0.6) is 5.75 Å². The number of benzene rings is 2. The van der Waals surface area contributed by atoms with Gasteiger partial charge in [0, 0.05) is 25.1 Å². The summed E-state index contributed by atoms with van der Waals surface area (Å²) in [6, 6.07) is 11.9. The third kappa shape index (κ3) is 4.46. The van der Waals surface area contributed by atoms with Crippen LogP contribution in [0.25, 0.3) is 11.4 Å². The first kappa shape index (κ1) is 20.3. The smallest absolute Gasteiger partial charge is 0.232 e. The van der Waals surface area contributed by atoms with E-state index in [9.17, 15) is 9.18 Å². The van der Waals surface area contributed by atoms with Gasteiger partial charge in [0.05, 0.1) is 17.0 Å². The summed E-state index contributed by atoms with van der Waals surface area (Å²) in [6.45, 7) is 4.75. The predicted molar refractivity (Wildman–Crippen MR) is 110 cm³/mol. The highest BCUT2D eigenvalue weighted by atomic mass is 35.5. The zero-order chi connectivity index (χ0) is 21.3. The van der Waals surface area contributed by atoms with Crippen molar-refractivity contribution in [1.29, 1.82) is 0 Å². The van der Waals surface area contributed by atoms with Gasteiger partial charge in [-0.05, 0) is 55.8 Å². The molecule has 1 atom stereocenters. The number of ether oxygens (including phenoxy) is 1. The van der Waals surface area contributed by atoms with E-state index in [1.54, 1.807) is 11.0 Å². The van der Waals surface area contributed by atoms with Gasteiger partial charge in [0.15, 0.2) is 0 Å². The van der Waals surface area contributed by atoms with E-state index in [0.717, 1.165) is 16.9 Å². The molecule has 1 aromatic heterocycles. The lowest BCUT2D eigenvalue weighted by Gasteiger charge is -2.16. The van der Waals surface area contributed by atoms with Gasteiger partial charge in [0.25, 0.3) is 0 Å². The number of rotatable bonds is 6. The molecule has 0 radical (unpaired) electrons. The van der Waals surface area contributed by atoms with Crippen molar-refractivity contribution in [2.24, 2.45) is 0 Å². The zero-order valence-electron chi connectivity index (χ0n) is 16.6. The summed E-state index contributed by atoms with van der Waals surface area (Å²) < 4.78 is 24.4. The van der Waals surface area contributed by atoms with E-state index in [2.05, 4.69) is 10.1 Å². The molecule has 0 spiro atoms. The molecule has 1 unspecified atom stereocenters. The molecule has 1 saturated heterocycles. The first-order valence-corrected chi connectivity index (χ1v) is 10.1. The van der Waals surface area contributed by atoms with E-state index >= 15 is 0 Å². The lowest BCUT2D eigenvalue weighted by Crippen LogP contribution is -2.24. The van der Waals surface area contributed by atoms with E-state index in [1.807, 2.05) is 38.1 Å². The maximum atomic E-state index is 13.3. The molecule has 6 nitrogen and oxygen atoms in total. The summed E-state index contributed by atoms with van der Waals surface area (Å²) in [5.41, 5.74) is 1.58. The number of halogens is 2. The topological polar surface area (TPSA) is 68.5 Å². The molecular weight excluding hydrogens is 409 g/mol. The van der Waals surface area contributed by atoms with Gasteiger partial charge in [-0.25, -0.2) is 4.39 Å². The van der Waals surface area contributed by atoms with Gasteiger partial charge in [-0.2, -0.15) is 4.98 Å². The van der Waals surface area contributed by atoms with Gasteiger partial charge in [0.1, 0.15) is 11.6 Å². The number of carbonyl (C=O) groups is 1. The van der Waals surface area contributed by atoms with Crippen molar-refractivity contribution >= 4 is 17.5 Å². The van der Waals surface area contributed by atoms with Crippen LogP contribution in [0.2, 0.25) is 5.02 Å². The van der Waals surface area contributed by atoms with E-state index in [-0.39, 0.29) is 29.4 Å². The Morgan fingerprint density at radius 2 is 2.03 bits per heavy atom. The highest BCUT2D eigenvalue weighted by molar-refractivity contribution is 6.30. The number of nitrogens with zero attached hydrogens (tertiary/aromatic N) is 3. The maximum Gasteiger partial charge on any atom is 0.232 e. The second kappa shape index (κ2) is 8.44. The van der Waals surface area contributed by atoms with Gasteiger partial charge in [-0.1, -0.05) is 22.8 Å². The van der Waals surface area contributed by atoms with Crippen molar-refractivity contribution in [3.8, 4) is 17.1 Å². The summed E-state index contributed by atoms with van der Waals surface area (Å²) in [5.74, 6) is 0.995. The quantitative estimate of drug-likeness (QED) is 0.561. The standard InChI is InChI=1S/C22H21ClFN3O3/c1-13(2)29-17-6-4-15(5-7-17)21-25-22(30-26-21)16-10-20(28)27(12-16)11-14-3-8-19(24)18(23)9-14/h3-9,13,16H,10-12H2,1-2H3. The Morgan fingerprint density at radius 3 is 2.73 bits per heavy atom. The fourth-order valence-electron chi connectivity index (χ4n) is 3.42. The highest BCUT2D eigenvalue weighted by Gasteiger charge is 2.34. The summed E-state index contributed by atoms with van der Waals surface area (Å²) >= 11 is 5.84. The van der Waals surface area contributed by atoms with Crippen LogP contribution in [0.1, 0.15) is 37.6 Å². The second-order valence-electron chi connectivity index (χ2n) is 7.57. The molecule has 1 aliphatic rings. The van der Waals surface area contributed by atoms with Crippen LogP contribution in [0.3, 0.4) is 0 Å². The van der Waals surface area contributed by atoms with Crippen LogP contribution in [0.15, 0.2) is 47.0 Å². The molecule has 156 valence electrons. The fourth-order valence-corrected chi connectivity index (χ4v) is 3.62. The van der Waals surface area contributed by atoms with Gasteiger partial charge >= 0.3 is 0 Å². The van der Waals surface area contributed by atoms with Crippen LogP contribution in [0.4, 0.5) is 4.39 Å². The van der Waals surface area contributed by atoms with E-state index in [4.69, 9.17) is 20.9 Å². The van der Waals surface area contributed by atoms with E-state index in [0.29, 0.717) is 24.8 Å². The minimum absolute atomic E-state index is 0.0182. The molecule has 2 heterocycles. The van der Waals surface area contributed by atoms with Gasteiger partial charge in [-0.3, -0.25) is 4.79 Å². The lowest BCUT2D eigenvalue weighted by atomic mass is 10.1. The fraction of sp³-hybridized carbons (Fsp3) is 0.318. The number of hydrogen-bond donors (Lipinski definition) is 0. The molecule has 1 aliphatic heterocycles. The van der Waals surface area contributed by atoms with Crippen LogP contribution in [-0.4, -0.2) is 33.6 Å². The van der Waals surface area contributed by atoms with Gasteiger partial charge in [0.2, 0.25) is 17.6 Å². The molecule has 1 fully saturated rings. The summed E-state index contributed by atoms with van der Waals surface area (Å²) in [6.07, 6.45) is 0.388. The average molecular weight is 430 g/mol.